The predicted octanol–water partition coefficient (Wildman–Crippen LogP) is 4.16. The average Bonchev–Trinajstić information content (AvgIpc) is 3.24. The summed E-state index contributed by atoms with van der Waals surface area (Å²) in [6, 6.07) is 12.4. The molecule has 3 aromatic rings. The van der Waals surface area contributed by atoms with Crippen LogP contribution in [-0.4, -0.2) is 17.4 Å². The van der Waals surface area contributed by atoms with E-state index in [2.05, 4.69) is 33.9 Å². The predicted molar refractivity (Wildman–Crippen MR) is 96.9 cm³/mol. The fraction of sp³-hybridized carbons (Fsp3) is 0.222. The van der Waals surface area contributed by atoms with Crippen LogP contribution in [-0.2, 0) is 17.6 Å². The highest BCUT2D eigenvalue weighted by Crippen LogP contribution is 2.25. The van der Waals surface area contributed by atoms with Gasteiger partial charge >= 0.3 is 0 Å². The van der Waals surface area contributed by atoms with Gasteiger partial charge in [-0.2, -0.15) is 11.3 Å². The quantitative estimate of drug-likeness (QED) is 0.655. The van der Waals surface area contributed by atoms with Crippen LogP contribution < -0.4 is 5.32 Å². The molecule has 3 rings (SSSR count). The van der Waals surface area contributed by atoms with Gasteiger partial charge in [0, 0.05) is 22.9 Å². The number of rotatable bonds is 7. The molecule has 5 heteroatoms. The summed E-state index contributed by atoms with van der Waals surface area (Å²) >= 11 is 3.25. The number of nitrogens with zero attached hydrogens (tertiary/aromatic N) is 1. The normalized spacial score (nSPS) is 10.6. The standard InChI is InChI=1S/C18H18N2OS2/c21-17(19-9-4-7-14-5-2-1-3-6-14)11-16-13-23-18(20-16)15-8-10-22-12-15/h1-3,5-6,8,10,12-13H,4,7,9,11H2,(H,19,21). The summed E-state index contributed by atoms with van der Waals surface area (Å²) in [6.45, 7) is 0.704. The first kappa shape index (κ1) is 15.9. The van der Waals surface area contributed by atoms with Gasteiger partial charge in [0.2, 0.25) is 5.91 Å². The van der Waals surface area contributed by atoms with Gasteiger partial charge in [0.15, 0.2) is 0 Å². The molecule has 2 aromatic heterocycles. The molecule has 1 N–H and O–H groups in total. The van der Waals surface area contributed by atoms with Gasteiger partial charge < -0.3 is 5.32 Å². The van der Waals surface area contributed by atoms with Gasteiger partial charge in [-0.1, -0.05) is 30.3 Å². The molecule has 118 valence electrons. The topological polar surface area (TPSA) is 42.0 Å². The SMILES string of the molecule is O=C(Cc1csc(-c2ccsc2)n1)NCCCc1ccccc1. The van der Waals surface area contributed by atoms with E-state index >= 15 is 0 Å². The summed E-state index contributed by atoms with van der Waals surface area (Å²) in [5.41, 5.74) is 3.29. The minimum atomic E-state index is 0.0419. The van der Waals surface area contributed by atoms with E-state index in [4.69, 9.17) is 0 Å². The van der Waals surface area contributed by atoms with Gasteiger partial charge in [0.05, 0.1) is 12.1 Å². The Hall–Kier alpha value is -1.98. The molecule has 0 saturated heterocycles. The second kappa shape index (κ2) is 8.04. The van der Waals surface area contributed by atoms with Crippen molar-refractivity contribution in [2.75, 3.05) is 6.54 Å². The van der Waals surface area contributed by atoms with E-state index < -0.39 is 0 Å². The molecule has 0 aliphatic heterocycles. The minimum Gasteiger partial charge on any atom is -0.356 e. The van der Waals surface area contributed by atoms with Gasteiger partial charge in [0.1, 0.15) is 5.01 Å². The summed E-state index contributed by atoms with van der Waals surface area (Å²) in [6.07, 6.45) is 2.29. The smallest absolute Gasteiger partial charge is 0.226 e. The molecule has 0 radical (unpaired) electrons. The molecule has 0 fully saturated rings. The fourth-order valence-electron chi connectivity index (χ4n) is 2.30. The van der Waals surface area contributed by atoms with Gasteiger partial charge in [-0.25, -0.2) is 4.98 Å². The fourth-order valence-corrected chi connectivity index (χ4v) is 3.83. The molecule has 23 heavy (non-hydrogen) atoms. The third-order valence-corrected chi connectivity index (χ3v) is 5.09. The Morgan fingerprint density at radius 1 is 1.13 bits per heavy atom. The van der Waals surface area contributed by atoms with Crippen LogP contribution in [0, 0.1) is 0 Å². The summed E-state index contributed by atoms with van der Waals surface area (Å²) in [5, 5.41) is 10.0. The first-order chi connectivity index (χ1) is 11.3. The van der Waals surface area contributed by atoms with E-state index in [1.165, 1.54) is 5.56 Å². The van der Waals surface area contributed by atoms with Gasteiger partial charge in [-0.15, -0.1) is 11.3 Å². The molecule has 1 aromatic carbocycles. The number of benzene rings is 1. The van der Waals surface area contributed by atoms with Gasteiger partial charge in [-0.3, -0.25) is 4.79 Å². The molecule has 2 heterocycles. The number of aryl methyl sites for hydroxylation is 1. The molecular weight excluding hydrogens is 324 g/mol. The van der Waals surface area contributed by atoms with E-state index in [0.29, 0.717) is 13.0 Å². The number of carbonyl (C=O) groups excluding carboxylic acids is 1. The Balaban J connectivity index is 1.41. The number of aromatic nitrogens is 1. The molecule has 3 nitrogen and oxygen atoms in total. The van der Waals surface area contributed by atoms with Crippen molar-refractivity contribution in [2.45, 2.75) is 19.3 Å². The summed E-state index contributed by atoms with van der Waals surface area (Å²) < 4.78 is 0. The van der Waals surface area contributed by atoms with E-state index in [9.17, 15) is 4.79 Å². The maximum Gasteiger partial charge on any atom is 0.226 e. The van der Waals surface area contributed by atoms with Crippen LogP contribution in [0.5, 0.6) is 0 Å². The lowest BCUT2D eigenvalue weighted by molar-refractivity contribution is -0.120. The zero-order valence-corrected chi connectivity index (χ0v) is 14.3. The number of thiophene rings is 1. The van der Waals surface area contributed by atoms with Crippen molar-refractivity contribution in [3.63, 3.8) is 0 Å². The molecule has 0 saturated carbocycles. The molecule has 0 aliphatic carbocycles. The highest BCUT2D eigenvalue weighted by atomic mass is 32.1. The van der Waals surface area contributed by atoms with E-state index in [-0.39, 0.29) is 5.91 Å². The van der Waals surface area contributed by atoms with Crippen molar-refractivity contribution >= 4 is 28.6 Å². The van der Waals surface area contributed by atoms with Crippen LogP contribution in [0.1, 0.15) is 17.7 Å². The first-order valence-electron chi connectivity index (χ1n) is 7.59. The second-order valence-corrected chi connectivity index (χ2v) is 6.91. The zero-order chi connectivity index (χ0) is 15.9. The second-order valence-electron chi connectivity index (χ2n) is 5.27. The largest absolute Gasteiger partial charge is 0.356 e. The molecule has 0 unspecified atom stereocenters. The van der Waals surface area contributed by atoms with Crippen molar-refractivity contribution in [1.82, 2.24) is 10.3 Å². The van der Waals surface area contributed by atoms with E-state index in [1.54, 1.807) is 22.7 Å². The number of hydrogen-bond acceptors (Lipinski definition) is 4. The van der Waals surface area contributed by atoms with Crippen molar-refractivity contribution in [3.8, 4) is 10.6 Å². The zero-order valence-electron chi connectivity index (χ0n) is 12.7. The van der Waals surface area contributed by atoms with Crippen LogP contribution in [0.2, 0.25) is 0 Å². The number of thiazole rings is 1. The molecule has 0 atom stereocenters. The number of nitrogens with one attached hydrogen (secondary N) is 1. The molecule has 0 spiro atoms. The molecule has 0 aliphatic rings. The van der Waals surface area contributed by atoms with Crippen LogP contribution in [0.15, 0.2) is 52.5 Å². The van der Waals surface area contributed by atoms with E-state index in [0.717, 1.165) is 29.1 Å². The Morgan fingerprint density at radius 3 is 2.78 bits per heavy atom. The molecular formula is C18H18N2OS2. The number of hydrogen-bond donors (Lipinski definition) is 1. The van der Waals surface area contributed by atoms with Crippen LogP contribution in [0.25, 0.3) is 10.6 Å². The van der Waals surface area contributed by atoms with Crippen molar-refractivity contribution in [3.05, 3.63) is 63.8 Å². The Morgan fingerprint density at radius 2 is 2.00 bits per heavy atom. The Kier molecular flexibility index (Phi) is 5.56. The highest BCUT2D eigenvalue weighted by molar-refractivity contribution is 7.14. The molecule has 0 bridgehead atoms. The highest BCUT2D eigenvalue weighted by Gasteiger charge is 2.09. The summed E-state index contributed by atoms with van der Waals surface area (Å²) in [4.78, 5) is 16.5. The maximum atomic E-state index is 12.0. The third-order valence-electron chi connectivity index (χ3n) is 3.47. The average molecular weight is 342 g/mol. The lowest BCUT2D eigenvalue weighted by Gasteiger charge is -2.04. The Labute approximate surface area is 144 Å². The lowest BCUT2D eigenvalue weighted by atomic mass is 10.1. The monoisotopic (exact) mass is 342 g/mol. The Bertz CT molecular complexity index is 735. The van der Waals surface area contributed by atoms with Gasteiger partial charge in [0.25, 0.3) is 0 Å². The summed E-state index contributed by atoms with van der Waals surface area (Å²) in [7, 11) is 0. The van der Waals surface area contributed by atoms with Crippen molar-refractivity contribution < 1.29 is 4.79 Å². The first-order valence-corrected chi connectivity index (χ1v) is 9.41. The van der Waals surface area contributed by atoms with Crippen molar-refractivity contribution in [1.29, 1.82) is 0 Å². The summed E-state index contributed by atoms with van der Waals surface area (Å²) in [5.74, 6) is 0.0419. The number of amides is 1. The van der Waals surface area contributed by atoms with Gasteiger partial charge in [-0.05, 0) is 29.9 Å². The number of carbonyl (C=O) groups is 1. The lowest BCUT2D eigenvalue weighted by Crippen LogP contribution is -2.26. The van der Waals surface area contributed by atoms with E-state index in [1.807, 2.05) is 29.0 Å². The van der Waals surface area contributed by atoms with Crippen LogP contribution in [0.4, 0.5) is 0 Å². The maximum absolute atomic E-state index is 12.0. The molecule has 1 amide bonds. The minimum absolute atomic E-state index is 0.0419. The van der Waals surface area contributed by atoms with Crippen LogP contribution >= 0.6 is 22.7 Å². The van der Waals surface area contributed by atoms with Crippen molar-refractivity contribution in [2.24, 2.45) is 0 Å². The third kappa shape index (κ3) is 4.74. The van der Waals surface area contributed by atoms with Crippen LogP contribution in [0.3, 0.4) is 0 Å².